The molecule has 1 aliphatic heterocycles. The van der Waals surface area contributed by atoms with Crippen LogP contribution in [0.1, 0.15) is 46.0 Å². The van der Waals surface area contributed by atoms with Crippen LogP contribution in [0.15, 0.2) is 0 Å². The number of rotatable bonds is 4. The van der Waals surface area contributed by atoms with Gasteiger partial charge >= 0.3 is 5.97 Å². The molecule has 7 nitrogen and oxygen atoms in total. The second-order valence-electron chi connectivity index (χ2n) is 6.36. The number of carboxylic acids is 1. The second kappa shape index (κ2) is 6.46. The number of carboxylic acid groups (broad SMARTS) is 1. The van der Waals surface area contributed by atoms with E-state index in [4.69, 9.17) is 5.11 Å². The number of nitrogens with one attached hydrogen (secondary N) is 1. The van der Waals surface area contributed by atoms with Crippen molar-refractivity contribution >= 4 is 23.7 Å². The zero-order valence-electron chi connectivity index (χ0n) is 12.9. The fourth-order valence-electron chi connectivity index (χ4n) is 3.25. The van der Waals surface area contributed by atoms with Crippen LogP contribution in [0.2, 0.25) is 0 Å². The number of hydrogen-bond donors (Lipinski definition) is 2. The van der Waals surface area contributed by atoms with Crippen LogP contribution in [0.5, 0.6) is 0 Å². The highest BCUT2D eigenvalue weighted by Crippen LogP contribution is 2.29. The van der Waals surface area contributed by atoms with Gasteiger partial charge in [0.25, 0.3) is 5.91 Å². The number of carbonyl (C=O) groups excluding carboxylic acids is 3. The number of amides is 3. The smallest absolute Gasteiger partial charge is 0.306 e. The molecule has 0 aromatic carbocycles. The molecule has 2 aliphatic rings. The summed E-state index contributed by atoms with van der Waals surface area (Å²) < 4.78 is 0. The van der Waals surface area contributed by atoms with Gasteiger partial charge in [0.2, 0.25) is 11.8 Å². The molecule has 2 fully saturated rings. The fraction of sp³-hybridized carbons (Fsp3) is 0.733. The van der Waals surface area contributed by atoms with Gasteiger partial charge in [0.05, 0.1) is 12.3 Å². The molecule has 1 saturated heterocycles. The number of hydrogen-bond acceptors (Lipinski definition) is 4. The van der Waals surface area contributed by atoms with Gasteiger partial charge < -0.3 is 10.4 Å². The van der Waals surface area contributed by atoms with E-state index in [0.29, 0.717) is 25.7 Å². The van der Waals surface area contributed by atoms with Gasteiger partial charge in [-0.25, -0.2) is 0 Å². The monoisotopic (exact) mass is 310 g/mol. The first kappa shape index (κ1) is 16.5. The first-order valence-corrected chi connectivity index (χ1v) is 7.70. The molecule has 1 aliphatic carbocycles. The molecule has 122 valence electrons. The van der Waals surface area contributed by atoms with Gasteiger partial charge in [-0.05, 0) is 33.1 Å². The third kappa shape index (κ3) is 3.28. The van der Waals surface area contributed by atoms with E-state index in [1.54, 1.807) is 13.8 Å². The van der Waals surface area contributed by atoms with Crippen LogP contribution in [-0.2, 0) is 19.2 Å². The molecule has 0 bridgehead atoms. The summed E-state index contributed by atoms with van der Waals surface area (Å²) in [6.07, 6.45) is 2.17. The standard InChI is InChI=1S/C15H22N2O5/c1-8(2)17-12(18)7-11(14(17)20)16-13(19)9-4-3-5-10(6-9)15(21)22/h8-11H,3-7H2,1-2H3,(H,16,19)(H,21,22). The first-order chi connectivity index (χ1) is 10.3. The second-order valence-corrected chi connectivity index (χ2v) is 6.36. The highest BCUT2D eigenvalue weighted by atomic mass is 16.4. The molecule has 0 aromatic heterocycles. The van der Waals surface area contributed by atoms with Crippen molar-refractivity contribution in [2.45, 2.75) is 58.0 Å². The van der Waals surface area contributed by atoms with Gasteiger partial charge in [0.15, 0.2) is 0 Å². The topological polar surface area (TPSA) is 104 Å². The average Bonchev–Trinajstić information content (AvgIpc) is 2.73. The van der Waals surface area contributed by atoms with E-state index in [1.807, 2.05) is 0 Å². The minimum Gasteiger partial charge on any atom is -0.481 e. The molecule has 3 unspecified atom stereocenters. The van der Waals surface area contributed by atoms with E-state index in [1.165, 1.54) is 4.90 Å². The van der Waals surface area contributed by atoms with E-state index in [0.717, 1.165) is 0 Å². The summed E-state index contributed by atoms with van der Waals surface area (Å²) in [4.78, 5) is 48.4. The lowest BCUT2D eigenvalue weighted by atomic mass is 9.81. The van der Waals surface area contributed by atoms with Gasteiger partial charge in [-0.3, -0.25) is 24.1 Å². The van der Waals surface area contributed by atoms with Crippen molar-refractivity contribution in [2.75, 3.05) is 0 Å². The van der Waals surface area contributed by atoms with Crippen molar-refractivity contribution < 1.29 is 24.3 Å². The average molecular weight is 310 g/mol. The molecule has 3 amide bonds. The van der Waals surface area contributed by atoms with Crippen molar-refractivity contribution in [1.82, 2.24) is 10.2 Å². The lowest BCUT2D eigenvalue weighted by Crippen LogP contribution is -2.46. The van der Waals surface area contributed by atoms with Crippen molar-refractivity contribution in [1.29, 1.82) is 0 Å². The van der Waals surface area contributed by atoms with Gasteiger partial charge in [-0.15, -0.1) is 0 Å². The summed E-state index contributed by atoms with van der Waals surface area (Å²) in [6, 6.07) is -1.04. The minimum absolute atomic E-state index is 0.0160. The molecule has 2 N–H and O–H groups in total. The SMILES string of the molecule is CC(C)N1C(=O)CC(NC(=O)C2CCCC(C(=O)O)C2)C1=O. The van der Waals surface area contributed by atoms with Gasteiger partial charge in [-0.1, -0.05) is 6.42 Å². The molecular weight excluding hydrogens is 288 g/mol. The molecule has 0 aromatic rings. The number of aliphatic carboxylic acids is 1. The summed E-state index contributed by atoms with van der Waals surface area (Å²) in [5.74, 6) is -2.75. The number of nitrogens with zero attached hydrogens (tertiary/aromatic N) is 1. The Kier molecular flexibility index (Phi) is 4.83. The largest absolute Gasteiger partial charge is 0.481 e. The lowest BCUT2D eigenvalue weighted by molar-refractivity contribution is -0.145. The van der Waals surface area contributed by atoms with E-state index in [2.05, 4.69) is 5.32 Å². The summed E-state index contributed by atoms with van der Waals surface area (Å²) in [5.41, 5.74) is 0. The molecular formula is C15H22N2O5. The van der Waals surface area contributed by atoms with Crippen LogP contribution in [0.25, 0.3) is 0 Å². The fourth-order valence-corrected chi connectivity index (χ4v) is 3.25. The van der Waals surface area contributed by atoms with E-state index < -0.39 is 23.8 Å². The summed E-state index contributed by atoms with van der Waals surface area (Å²) in [6.45, 7) is 3.50. The Labute approximate surface area is 129 Å². The maximum Gasteiger partial charge on any atom is 0.306 e. The molecule has 0 spiro atoms. The van der Waals surface area contributed by atoms with Crippen molar-refractivity contribution in [2.24, 2.45) is 11.8 Å². The molecule has 7 heteroatoms. The lowest BCUT2D eigenvalue weighted by Gasteiger charge is -2.26. The van der Waals surface area contributed by atoms with Crippen LogP contribution in [0.3, 0.4) is 0 Å². The quantitative estimate of drug-likeness (QED) is 0.737. The molecule has 1 heterocycles. The Hall–Kier alpha value is -1.92. The zero-order chi connectivity index (χ0) is 16.4. The normalized spacial score (nSPS) is 29.0. The Morgan fingerprint density at radius 1 is 1.23 bits per heavy atom. The summed E-state index contributed by atoms with van der Waals surface area (Å²) in [7, 11) is 0. The Morgan fingerprint density at radius 2 is 1.86 bits per heavy atom. The van der Waals surface area contributed by atoms with Crippen LogP contribution in [0, 0.1) is 11.8 Å². The van der Waals surface area contributed by atoms with Gasteiger partial charge in [0, 0.05) is 12.0 Å². The highest BCUT2D eigenvalue weighted by molar-refractivity contribution is 6.07. The van der Waals surface area contributed by atoms with Gasteiger partial charge in [0.1, 0.15) is 6.04 Å². The molecule has 2 rings (SSSR count). The van der Waals surface area contributed by atoms with Gasteiger partial charge in [-0.2, -0.15) is 0 Å². The third-order valence-electron chi connectivity index (χ3n) is 4.41. The van der Waals surface area contributed by atoms with E-state index in [9.17, 15) is 19.2 Å². The maximum atomic E-state index is 12.3. The third-order valence-corrected chi connectivity index (χ3v) is 4.41. The number of imide groups is 1. The minimum atomic E-state index is -0.879. The predicted octanol–water partition coefficient (Wildman–Crippen LogP) is 0.529. The highest BCUT2D eigenvalue weighted by Gasteiger charge is 2.42. The maximum absolute atomic E-state index is 12.3. The molecule has 0 radical (unpaired) electrons. The molecule has 22 heavy (non-hydrogen) atoms. The first-order valence-electron chi connectivity index (χ1n) is 7.70. The van der Waals surface area contributed by atoms with E-state index >= 15 is 0 Å². The van der Waals surface area contributed by atoms with Crippen molar-refractivity contribution in [3.8, 4) is 0 Å². The summed E-state index contributed by atoms with van der Waals surface area (Å²) >= 11 is 0. The Morgan fingerprint density at radius 3 is 2.41 bits per heavy atom. The summed E-state index contributed by atoms with van der Waals surface area (Å²) in [5, 5.41) is 11.7. The predicted molar refractivity (Wildman–Crippen MR) is 76.6 cm³/mol. The van der Waals surface area contributed by atoms with Crippen LogP contribution < -0.4 is 5.32 Å². The number of likely N-dealkylation sites (tertiary alicyclic amines) is 1. The number of carbonyl (C=O) groups is 4. The van der Waals surface area contributed by atoms with Crippen LogP contribution in [0.4, 0.5) is 0 Å². The molecule has 1 saturated carbocycles. The van der Waals surface area contributed by atoms with Crippen LogP contribution in [-0.4, -0.2) is 45.8 Å². The Balaban J connectivity index is 1.96. The van der Waals surface area contributed by atoms with Crippen molar-refractivity contribution in [3.05, 3.63) is 0 Å². The Bertz CT molecular complexity index is 502. The zero-order valence-corrected chi connectivity index (χ0v) is 12.9. The van der Waals surface area contributed by atoms with Crippen molar-refractivity contribution in [3.63, 3.8) is 0 Å². The van der Waals surface area contributed by atoms with E-state index in [-0.39, 0.29) is 30.2 Å². The molecule has 3 atom stereocenters. The van der Waals surface area contributed by atoms with Crippen LogP contribution >= 0.6 is 0 Å².